The SMILES string of the molecule is O=C(Nc1ccc(Oc2ccccc2)cc1)[C@H]1CCCN(Cc2c(Cl)cccc2Cl)C1. The first-order valence-corrected chi connectivity index (χ1v) is 11.1. The van der Waals surface area contributed by atoms with E-state index >= 15 is 0 Å². The molecule has 0 radical (unpaired) electrons. The summed E-state index contributed by atoms with van der Waals surface area (Å²) in [6, 6.07) is 22.6. The number of benzene rings is 3. The Morgan fingerprint density at radius 2 is 1.61 bits per heavy atom. The molecular formula is C25H24Cl2N2O2. The molecule has 3 aromatic rings. The van der Waals surface area contributed by atoms with Crippen molar-refractivity contribution < 1.29 is 9.53 Å². The molecule has 6 heteroatoms. The van der Waals surface area contributed by atoms with Crippen molar-refractivity contribution in [2.45, 2.75) is 19.4 Å². The predicted molar refractivity (Wildman–Crippen MR) is 126 cm³/mol. The number of nitrogens with zero attached hydrogens (tertiary/aromatic N) is 1. The normalized spacial score (nSPS) is 16.6. The molecule has 4 nitrogen and oxygen atoms in total. The molecule has 4 rings (SSSR count). The Morgan fingerprint density at radius 3 is 2.32 bits per heavy atom. The Hall–Kier alpha value is -2.53. The molecule has 1 fully saturated rings. The number of para-hydroxylation sites is 1. The van der Waals surface area contributed by atoms with Gasteiger partial charge < -0.3 is 10.1 Å². The quantitative estimate of drug-likeness (QED) is 0.453. The van der Waals surface area contributed by atoms with Gasteiger partial charge in [0.25, 0.3) is 0 Å². The average Bonchev–Trinajstić information content (AvgIpc) is 2.79. The van der Waals surface area contributed by atoms with Crippen LogP contribution in [-0.2, 0) is 11.3 Å². The standard InChI is InChI=1S/C25H24Cl2N2O2/c26-23-9-4-10-24(27)22(23)17-29-15-5-6-18(16-29)25(30)28-19-11-13-21(14-12-19)31-20-7-2-1-3-8-20/h1-4,7-14,18H,5-6,15-17H2,(H,28,30)/t18-/m0/s1. The zero-order chi connectivity index (χ0) is 21.6. The molecular weight excluding hydrogens is 431 g/mol. The third kappa shape index (κ3) is 5.79. The summed E-state index contributed by atoms with van der Waals surface area (Å²) in [5.74, 6) is 1.46. The van der Waals surface area contributed by atoms with Gasteiger partial charge in [-0.1, -0.05) is 47.5 Å². The Labute approximate surface area is 192 Å². The molecule has 31 heavy (non-hydrogen) atoms. The second kappa shape index (κ2) is 10.2. The van der Waals surface area contributed by atoms with E-state index in [2.05, 4.69) is 10.2 Å². The largest absolute Gasteiger partial charge is 0.457 e. The molecule has 1 saturated heterocycles. The number of hydrogen-bond donors (Lipinski definition) is 1. The third-order valence-corrected chi connectivity index (χ3v) is 6.13. The summed E-state index contributed by atoms with van der Waals surface area (Å²) in [6.45, 7) is 2.26. The highest BCUT2D eigenvalue weighted by molar-refractivity contribution is 6.35. The first-order chi connectivity index (χ1) is 15.1. The van der Waals surface area contributed by atoms with Crippen LogP contribution < -0.4 is 10.1 Å². The summed E-state index contributed by atoms with van der Waals surface area (Å²) in [7, 11) is 0. The van der Waals surface area contributed by atoms with E-state index in [0.717, 1.165) is 42.1 Å². The van der Waals surface area contributed by atoms with Gasteiger partial charge in [0.05, 0.1) is 5.92 Å². The Bertz CT molecular complexity index is 1010. The van der Waals surface area contributed by atoms with Crippen LogP contribution >= 0.6 is 23.2 Å². The van der Waals surface area contributed by atoms with Crippen molar-refractivity contribution >= 4 is 34.8 Å². The van der Waals surface area contributed by atoms with E-state index in [1.165, 1.54) is 0 Å². The molecule has 0 aromatic heterocycles. The van der Waals surface area contributed by atoms with Crippen molar-refractivity contribution in [1.82, 2.24) is 4.90 Å². The van der Waals surface area contributed by atoms with Gasteiger partial charge in [-0.25, -0.2) is 0 Å². The lowest BCUT2D eigenvalue weighted by molar-refractivity contribution is -0.121. The number of carbonyl (C=O) groups is 1. The zero-order valence-corrected chi connectivity index (χ0v) is 18.6. The summed E-state index contributed by atoms with van der Waals surface area (Å²) < 4.78 is 5.80. The van der Waals surface area contributed by atoms with Gasteiger partial charge in [-0.3, -0.25) is 9.69 Å². The van der Waals surface area contributed by atoms with Crippen LogP contribution in [0, 0.1) is 5.92 Å². The van der Waals surface area contributed by atoms with Crippen LogP contribution in [0.3, 0.4) is 0 Å². The van der Waals surface area contributed by atoms with Crippen LogP contribution in [0.25, 0.3) is 0 Å². The van der Waals surface area contributed by atoms with Gasteiger partial charge in [-0.2, -0.15) is 0 Å². The monoisotopic (exact) mass is 454 g/mol. The van der Waals surface area contributed by atoms with E-state index in [9.17, 15) is 4.79 Å². The van der Waals surface area contributed by atoms with Gasteiger partial charge in [0, 0.05) is 34.4 Å². The average molecular weight is 455 g/mol. The maximum Gasteiger partial charge on any atom is 0.228 e. The molecule has 0 spiro atoms. The highest BCUT2D eigenvalue weighted by Gasteiger charge is 2.26. The van der Waals surface area contributed by atoms with Crippen LogP contribution in [-0.4, -0.2) is 23.9 Å². The molecule has 0 unspecified atom stereocenters. The molecule has 0 aliphatic carbocycles. The number of halogens is 2. The number of rotatable bonds is 6. The van der Waals surface area contributed by atoms with Crippen LogP contribution in [0.4, 0.5) is 5.69 Å². The fourth-order valence-corrected chi connectivity index (χ4v) is 4.31. The van der Waals surface area contributed by atoms with Crippen LogP contribution in [0.5, 0.6) is 11.5 Å². The minimum absolute atomic E-state index is 0.0340. The molecule has 1 amide bonds. The summed E-state index contributed by atoms with van der Waals surface area (Å²) in [5.41, 5.74) is 1.68. The lowest BCUT2D eigenvalue weighted by Crippen LogP contribution is -2.40. The fourth-order valence-electron chi connectivity index (χ4n) is 3.80. The summed E-state index contributed by atoms with van der Waals surface area (Å²) >= 11 is 12.6. The minimum atomic E-state index is -0.0738. The van der Waals surface area contributed by atoms with Gasteiger partial charge in [-0.05, 0) is 67.9 Å². The first kappa shape index (κ1) is 21.7. The summed E-state index contributed by atoms with van der Waals surface area (Å²) in [6.07, 6.45) is 1.83. The molecule has 0 bridgehead atoms. The van der Waals surface area contributed by atoms with Crippen molar-refractivity contribution in [3.8, 4) is 11.5 Å². The van der Waals surface area contributed by atoms with Crippen LogP contribution in [0.2, 0.25) is 10.0 Å². The molecule has 1 atom stereocenters. The van der Waals surface area contributed by atoms with E-state index in [1.54, 1.807) is 0 Å². The van der Waals surface area contributed by atoms with Gasteiger partial charge >= 0.3 is 0 Å². The van der Waals surface area contributed by atoms with Crippen LogP contribution in [0.15, 0.2) is 72.8 Å². The third-order valence-electron chi connectivity index (χ3n) is 5.42. The number of ether oxygens (including phenoxy) is 1. The van der Waals surface area contributed by atoms with Crippen LogP contribution in [0.1, 0.15) is 18.4 Å². The number of amides is 1. The van der Waals surface area contributed by atoms with Gasteiger partial charge in [0.2, 0.25) is 5.91 Å². The van der Waals surface area contributed by atoms with Crippen molar-refractivity contribution in [3.05, 3.63) is 88.4 Å². The topological polar surface area (TPSA) is 41.6 Å². The molecule has 1 heterocycles. The molecule has 0 saturated carbocycles. The number of hydrogen-bond acceptors (Lipinski definition) is 3. The Kier molecular flexibility index (Phi) is 7.13. The zero-order valence-electron chi connectivity index (χ0n) is 17.1. The van der Waals surface area contributed by atoms with Crippen molar-refractivity contribution in [2.24, 2.45) is 5.92 Å². The second-order valence-electron chi connectivity index (χ2n) is 7.70. The predicted octanol–water partition coefficient (Wildman–Crippen LogP) is 6.64. The summed E-state index contributed by atoms with van der Waals surface area (Å²) in [4.78, 5) is 15.1. The highest BCUT2D eigenvalue weighted by Crippen LogP contribution is 2.28. The molecule has 3 aromatic carbocycles. The van der Waals surface area contributed by atoms with Crippen molar-refractivity contribution in [1.29, 1.82) is 0 Å². The minimum Gasteiger partial charge on any atom is -0.457 e. The maximum absolute atomic E-state index is 12.9. The van der Waals surface area contributed by atoms with E-state index in [-0.39, 0.29) is 11.8 Å². The lowest BCUT2D eigenvalue weighted by Gasteiger charge is -2.32. The fraction of sp³-hybridized carbons (Fsp3) is 0.240. The summed E-state index contributed by atoms with van der Waals surface area (Å²) in [5, 5.41) is 4.36. The highest BCUT2D eigenvalue weighted by atomic mass is 35.5. The number of anilines is 1. The van der Waals surface area contributed by atoms with Crippen molar-refractivity contribution in [2.75, 3.05) is 18.4 Å². The first-order valence-electron chi connectivity index (χ1n) is 10.4. The molecule has 1 N–H and O–H groups in total. The van der Waals surface area contributed by atoms with E-state index in [1.807, 2.05) is 72.8 Å². The Balaban J connectivity index is 1.34. The molecule has 1 aliphatic heterocycles. The smallest absolute Gasteiger partial charge is 0.228 e. The van der Waals surface area contributed by atoms with Gasteiger partial charge in [-0.15, -0.1) is 0 Å². The Morgan fingerprint density at radius 1 is 0.935 bits per heavy atom. The van der Waals surface area contributed by atoms with Gasteiger partial charge in [0.15, 0.2) is 0 Å². The second-order valence-corrected chi connectivity index (χ2v) is 8.52. The molecule has 160 valence electrons. The van der Waals surface area contributed by atoms with E-state index in [4.69, 9.17) is 27.9 Å². The molecule has 1 aliphatic rings. The van der Waals surface area contributed by atoms with E-state index < -0.39 is 0 Å². The van der Waals surface area contributed by atoms with E-state index in [0.29, 0.717) is 23.1 Å². The van der Waals surface area contributed by atoms with Crippen molar-refractivity contribution in [3.63, 3.8) is 0 Å². The van der Waals surface area contributed by atoms with Gasteiger partial charge in [0.1, 0.15) is 11.5 Å². The maximum atomic E-state index is 12.9. The number of likely N-dealkylation sites (tertiary alicyclic amines) is 1. The number of nitrogens with one attached hydrogen (secondary N) is 1. The number of piperidine rings is 1. The lowest BCUT2D eigenvalue weighted by atomic mass is 9.96. The number of carbonyl (C=O) groups excluding carboxylic acids is 1.